The van der Waals surface area contributed by atoms with Crippen molar-refractivity contribution in [2.75, 3.05) is 39.9 Å². The second kappa shape index (κ2) is 14.6. The lowest BCUT2D eigenvalue weighted by molar-refractivity contribution is 0.0724. The molecule has 1 aliphatic rings. The van der Waals surface area contributed by atoms with E-state index in [0.29, 0.717) is 19.7 Å². The molecule has 2 aromatic rings. The summed E-state index contributed by atoms with van der Waals surface area (Å²) in [6.07, 6.45) is 3.42. The van der Waals surface area contributed by atoms with E-state index in [1.165, 1.54) is 6.42 Å². The number of hydrogen-bond acceptors (Lipinski definition) is 4. The van der Waals surface area contributed by atoms with E-state index in [1.54, 1.807) is 7.11 Å². The Morgan fingerprint density at radius 3 is 2.27 bits per heavy atom. The summed E-state index contributed by atoms with van der Waals surface area (Å²) in [6, 6.07) is 15.3. The lowest BCUT2D eigenvalue weighted by Gasteiger charge is -2.26. The van der Waals surface area contributed by atoms with Gasteiger partial charge in [0.2, 0.25) is 0 Å². The summed E-state index contributed by atoms with van der Waals surface area (Å²) in [4.78, 5) is 19.2. The summed E-state index contributed by atoms with van der Waals surface area (Å²) in [5.74, 6) is 2.47. The second-order valence-electron chi connectivity index (χ2n) is 7.70. The fraction of sp³-hybridized carbons (Fsp3) is 0.440. The van der Waals surface area contributed by atoms with Crippen LogP contribution in [0.4, 0.5) is 0 Å². The molecule has 1 aliphatic heterocycles. The first-order valence-electron chi connectivity index (χ1n) is 11.4. The Hall–Kier alpha value is -2.49. The summed E-state index contributed by atoms with van der Waals surface area (Å²) in [5, 5.41) is 6.53. The fourth-order valence-corrected chi connectivity index (χ4v) is 3.55. The number of amides is 1. The van der Waals surface area contributed by atoms with Crippen molar-refractivity contribution in [3.8, 4) is 11.5 Å². The Morgan fingerprint density at radius 1 is 0.970 bits per heavy atom. The van der Waals surface area contributed by atoms with Crippen LogP contribution in [0.2, 0.25) is 0 Å². The molecule has 0 spiro atoms. The first kappa shape index (κ1) is 26.8. The molecule has 0 atom stereocenters. The summed E-state index contributed by atoms with van der Waals surface area (Å²) in [6.45, 7) is 6.22. The monoisotopic (exact) mass is 566 g/mol. The van der Waals surface area contributed by atoms with Crippen LogP contribution >= 0.6 is 24.0 Å². The van der Waals surface area contributed by atoms with Crippen molar-refractivity contribution in [2.24, 2.45) is 4.99 Å². The Morgan fingerprint density at radius 2 is 1.64 bits per heavy atom. The number of guanidine groups is 1. The van der Waals surface area contributed by atoms with Crippen molar-refractivity contribution in [1.29, 1.82) is 0 Å². The van der Waals surface area contributed by atoms with Gasteiger partial charge in [-0.05, 0) is 68.1 Å². The highest BCUT2D eigenvalue weighted by Gasteiger charge is 2.17. The number of rotatable bonds is 9. The smallest absolute Gasteiger partial charge is 0.253 e. The van der Waals surface area contributed by atoms with Crippen LogP contribution in [0.25, 0.3) is 0 Å². The van der Waals surface area contributed by atoms with E-state index < -0.39 is 0 Å². The molecule has 0 unspecified atom stereocenters. The molecule has 8 heteroatoms. The summed E-state index contributed by atoms with van der Waals surface area (Å²) < 4.78 is 10.9. The second-order valence-corrected chi connectivity index (χ2v) is 7.70. The highest BCUT2D eigenvalue weighted by atomic mass is 127. The van der Waals surface area contributed by atoms with E-state index in [9.17, 15) is 4.79 Å². The molecular weight excluding hydrogens is 531 g/mol. The largest absolute Gasteiger partial charge is 0.497 e. The minimum absolute atomic E-state index is 0. The van der Waals surface area contributed by atoms with Gasteiger partial charge >= 0.3 is 0 Å². The number of halogens is 1. The molecule has 0 radical (unpaired) electrons. The highest BCUT2D eigenvalue weighted by molar-refractivity contribution is 14.0. The predicted molar refractivity (Wildman–Crippen MR) is 143 cm³/mol. The van der Waals surface area contributed by atoms with Gasteiger partial charge in [0, 0.05) is 25.2 Å². The summed E-state index contributed by atoms with van der Waals surface area (Å²) >= 11 is 0. The third kappa shape index (κ3) is 8.75. The number of nitrogens with zero attached hydrogens (tertiary/aromatic N) is 2. The Kier molecular flexibility index (Phi) is 11.9. The highest BCUT2D eigenvalue weighted by Crippen LogP contribution is 2.17. The van der Waals surface area contributed by atoms with Gasteiger partial charge in [-0.1, -0.05) is 12.1 Å². The summed E-state index contributed by atoms with van der Waals surface area (Å²) in [7, 11) is 1.64. The normalized spacial score (nSPS) is 13.6. The maximum atomic E-state index is 12.6. The Bertz CT molecular complexity index is 866. The molecule has 0 aliphatic carbocycles. The molecule has 2 aromatic carbocycles. The first-order valence-corrected chi connectivity index (χ1v) is 11.4. The van der Waals surface area contributed by atoms with Crippen LogP contribution < -0.4 is 20.1 Å². The van der Waals surface area contributed by atoms with Crippen molar-refractivity contribution in [2.45, 2.75) is 32.7 Å². The number of hydrogen-bond donors (Lipinski definition) is 2. The number of ether oxygens (including phenoxy) is 2. The van der Waals surface area contributed by atoms with Crippen LogP contribution in [0.1, 0.15) is 42.1 Å². The van der Waals surface area contributed by atoms with E-state index in [1.807, 2.05) is 60.4 Å². The number of nitrogens with one attached hydrogen (secondary N) is 2. The number of methoxy groups -OCH3 is 1. The molecule has 1 saturated heterocycles. The van der Waals surface area contributed by atoms with Gasteiger partial charge in [0.1, 0.15) is 18.1 Å². The molecule has 3 rings (SSSR count). The first-order chi connectivity index (χ1) is 15.7. The van der Waals surface area contributed by atoms with Crippen molar-refractivity contribution in [3.05, 3.63) is 59.7 Å². The minimum atomic E-state index is 0. The molecule has 0 bridgehead atoms. The lowest BCUT2D eigenvalue weighted by atomic mass is 10.1. The molecule has 0 saturated carbocycles. The minimum Gasteiger partial charge on any atom is -0.497 e. The van der Waals surface area contributed by atoms with Crippen LogP contribution in [0.5, 0.6) is 11.5 Å². The van der Waals surface area contributed by atoms with E-state index in [-0.39, 0.29) is 29.9 Å². The van der Waals surface area contributed by atoms with E-state index in [4.69, 9.17) is 9.47 Å². The molecule has 1 heterocycles. The molecule has 1 fully saturated rings. The number of benzene rings is 2. The van der Waals surface area contributed by atoms with Crippen molar-refractivity contribution in [3.63, 3.8) is 0 Å². The van der Waals surface area contributed by atoms with Crippen LogP contribution in [0.3, 0.4) is 0 Å². The quantitative estimate of drug-likeness (QED) is 0.207. The van der Waals surface area contributed by atoms with Crippen LogP contribution in [-0.4, -0.2) is 56.7 Å². The lowest BCUT2D eigenvalue weighted by Crippen LogP contribution is -2.39. The molecular formula is C25H35IN4O3. The maximum Gasteiger partial charge on any atom is 0.253 e. The number of carbonyl (C=O) groups excluding carboxylic acids is 1. The molecule has 7 nitrogen and oxygen atoms in total. The van der Waals surface area contributed by atoms with Gasteiger partial charge in [0.25, 0.3) is 5.91 Å². The van der Waals surface area contributed by atoms with E-state index in [0.717, 1.165) is 61.1 Å². The van der Waals surface area contributed by atoms with Crippen molar-refractivity contribution < 1.29 is 14.3 Å². The van der Waals surface area contributed by atoms with Crippen molar-refractivity contribution in [1.82, 2.24) is 15.5 Å². The van der Waals surface area contributed by atoms with Gasteiger partial charge < -0.3 is 25.0 Å². The number of likely N-dealkylation sites (tertiary alicyclic amines) is 1. The van der Waals surface area contributed by atoms with Gasteiger partial charge in [-0.2, -0.15) is 0 Å². The number of aliphatic imine (C=N–C) groups is 1. The zero-order chi connectivity index (χ0) is 22.6. The fourth-order valence-electron chi connectivity index (χ4n) is 3.55. The summed E-state index contributed by atoms with van der Waals surface area (Å²) in [5.41, 5.74) is 1.81. The van der Waals surface area contributed by atoms with Gasteiger partial charge in [-0.3, -0.25) is 4.79 Å². The van der Waals surface area contributed by atoms with E-state index >= 15 is 0 Å². The van der Waals surface area contributed by atoms with Crippen LogP contribution in [-0.2, 0) is 6.54 Å². The predicted octanol–water partition coefficient (Wildman–Crippen LogP) is 4.07. The third-order valence-corrected chi connectivity index (χ3v) is 5.33. The molecule has 33 heavy (non-hydrogen) atoms. The van der Waals surface area contributed by atoms with Gasteiger partial charge in [-0.25, -0.2) is 4.99 Å². The molecule has 180 valence electrons. The standard InChI is InChI=1S/C25H34N4O3.HI/c1-3-26-25(27-15-18-32-23-13-11-22(31-2)12-14-23)28-19-20-7-9-21(10-8-20)24(30)29-16-5-4-6-17-29;/h7-14H,3-6,15-19H2,1-2H3,(H2,26,27,28);1H. The van der Waals surface area contributed by atoms with Gasteiger partial charge in [-0.15, -0.1) is 24.0 Å². The molecule has 0 aromatic heterocycles. The maximum absolute atomic E-state index is 12.6. The zero-order valence-corrected chi connectivity index (χ0v) is 21.8. The average Bonchev–Trinajstić information content (AvgIpc) is 2.86. The number of carbonyl (C=O) groups is 1. The average molecular weight is 566 g/mol. The Balaban J connectivity index is 0.00000385. The third-order valence-electron chi connectivity index (χ3n) is 5.33. The number of piperidine rings is 1. The zero-order valence-electron chi connectivity index (χ0n) is 19.5. The SMILES string of the molecule is CCNC(=NCc1ccc(C(=O)N2CCCCC2)cc1)NCCOc1ccc(OC)cc1.I. The van der Waals surface area contributed by atoms with Gasteiger partial charge in [0.15, 0.2) is 5.96 Å². The molecule has 1 amide bonds. The van der Waals surface area contributed by atoms with E-state index in [2.05, 4.69) is 15.6 Å². The Labute approximate surface area is 214 Å². The molecule has 2 N–H and O–H groups in total. The van der Waals surface area contributed by atoms with Crippen LogP contribution in [0.15, 0.2) is 53.5 Å². The van der Waals surface area contributed by atoms with Gasteiger partial charge in [0.05, 0.1) is 20.2 Å². The topological polar surface area (TPSA) is 75.2 Å². The van der Waals surface area contributed by atoms with Crippen LogP contribution in [0, 0.1) is 0 Å². The van der Waals surface area contributed by atoms with Crippen molar-refractivity contribution >= 4 is 35.8 Å².